The smallest absolute Gasteiger partial charge is 0.215 e. The Kier molecular flexibility index (Phi) is 6.46. The molecule has 2 heterocycles. The van der Waals surface area contributed by atoms with E-state index in [0.29, 0.717) is 19.8 Å². The zero-order valence-corrected chi connectivity index (χ0v) is 15.5. The summed E-state index contributed by atoms with van der Waals surface area (Å²) in [4.78, 5) is 2.39. The third-order valence-electron chi connectivity index (χ3n) is 5.08. The molecular formula is C18H28N2O4S. The summed E-state index contributed by atoms with van der Waals surface area (Å²) < 4.78 is 38.8. The van der Waals surface area contributed by atoms with E-state index in [2.05, 4.69) is 9.62 Å². The number of benzene rings is 1. The summed E-state index contributed by atoms with van der Waals surface area (Å²) >= 11 is 0. The van der Waals surface area contributed by atoms with Crippen molar-refractivity contribution < 1.29 is 17.9 Å². The first-order chi connectivity index (χ1) is 12.1. The van der Waals surface area contributed by atoms with Gasteiger partial charge in [0, 0.05) is 44.8 Å². The Morgan fingerprint density at radius 3 is 2.32 bits per heavy atom. The Labute approximate surface area is 150 Å². The molecule has 0 radical (unpaired) electrons. The van der Waals surface area contributed by atoms with Gasteiger partial charge in [0.1, 0.15) is 0 Å². The summed E-state index contributed by atoms with van der Waals surface area (Å²) in [5.41, 5.74) is 0.753. The lowest BCUT2D eigenvalue weighted by molar-refractivity contribution is -0.0270. The Balaban J connectivity index is 1.61. The van der Waals surface area contributed by atoms with E-state index in [4.69, 9.17) is 9.47 Å². The van der Waals surface area contributed by atoms with Crippen molar-refractivity contribution in [3.05, 3.63) is 35.9 Å². The predicted molar refractivity (Wildman–Crippen MR) is 96.8 cm³/mol. The first-order valence-corrected chi connectivity index (χ1v) is 10.6. The number of nitrogens with zero attached hydrogens (tertiary/aromatic N) is 1. The molecule has 0 spiro atoms. The fourth-order valence-electron chi connectivity index (χ4n) is 3.54. The number of nitrogens with one attached hydrogen (secondary N) is 1. The quantitative estimate of drug-likeness (QED) is 0.784. The number of sulfonamides is 1. The monoisotopic (exact) mass is 368 g/mol. The molecule has 0 amide bonds. The van der Waals surface area contributed by atoms with E-state index in [0.717, 1.165) is 51.3 Å². The maximum absolute atomic E-state index is 12.5. The van der Waals surface area contributed by atoms with Crippen LogP contribution in [-0.4, -0.2) is 65.9 Å². The molecule has 0 saturated carbocycles. The third kappa shape index (κ3) is 5.76. The fraction of sp³-hybridized carbons (Fsp3) is 0.667. The van der Waals surface area contributed by atoms with Crippen molar-refractivity contribution in [2.45, 2.75) is 18.6 Å². The molecule has 3 rings (SSSR count). The number of rotatable bonds is 7. The van der Waals surface area contributed by atoms with Crippen LogP contribution >= 0.6 is 0 Å². The molecule has 7 heteroatoms. The minimum atomic E-state index is -3.35. The van der Waals surface area contributed by atoms with Crippen molar-refractivity contribution in [2.75, 3.05) is 52.6 Å². The van der Waals surface area contributed by atoms with E-state index in [1.807, 2.05) is 30.3 Å². The molecule has 1 aromatic rings. The van der Waals surface area contributed by atoms with E-state index >= 15 is 0 Å². The van der Waals surface area contributed by atoms with Gasteiger partial charge < -0.3 is 9.47 Å². The molecule has 2 fully saturated rings. The zero-order chi connectivity index (χ0) is 17.6. The van der Waals surface area contributed by atoms with Gasteiger partial charge in [-0.3, -0.25) is 4.90 Å². The van der Waals surface area contributed by atoms with Gasteiger partial charge in [-0.25, -0.2) is 13.1 Å². The largest absolute Gasteiger partial charge is 0.381 e. The summed E-state index contributed by atoms with van der Waals surface area (Å²) in [7, 11) is -3.35. The fourth-order valence-corrected chi connectivity index (χ4v) is 4.80. The van der Waals surface area contributed by atoms with Gasteiger partial charge in [-0.2, -0.15) is 0 Å². The molecule has 6 nitrogen and oxygen atoms in total. The van der Waals surface area contributed by atoms with Gasteiger partial charge in [-0.05, 0) is 18.4 Å². The highest BCUT2D eigenvalue weighted by Gasteiger charge is 2.36. The SMILES string of the molecule is O=S(=O)(Cc1ccccc1)NCC1(CN2CCOCC2)CCOCC1. The van der Waals surface area contributed by atoms with E-state index < -0.39 is 10.0 Å². The maximum Gasteiger partial charge on any atom is 0.215 e. The van der Waals surface area contributed by atoms with E-state index in [1.54, 1.807) is 0 Å². The lowest BCUT2D eigenvalue weighted by Crippen LogP contribution is -2.50. The summed E-state index contributed by atoms with van der Waals surface area (Å²) in [5.74, 6) is 0.0258. The molecule has 0 aliphatic carbocycles. The van der Waals surface area contributed by atoms with Gasteiger partial charge in [0.2, 0.25) is 10.0 Å². The van der Waals surface area contributed by atoms with Crippen LogP contribution in [0.15, 0.2) is 30.3 Å². The van der Waals surface area contributed by atoms with Crippen LogP contribution in [0.2, 0.25) is 0 Å². The van der Waals surface area contributed by atoms with Crippen LogP contribution in [-0.2, 0) is 25.2 Å². The Hall–Kier alpha value is -0.990. The molecule has 2 saturated heterocycles. The number of hydrogen-bond donors (Lipinski definition) is 1. The number of hydrogen-bond acceptors (Lipinski definition) is 5. The van der Waals surface area contributed by atoms with Crippen molar-refractivity contribution in [1.82, 2.24) is 9.62 Å². The average molecular weight is 368 g/mol. The second kappa shape index (κ2) is 8.60. The first kappa shape index (κ1) is 18.8. The van der Waals surface area contributed by atoms with Gasteiger partial charge >= 0.3 is 0 Å². The molecule has 0 atom stereocenters. The van der Waals surface area contributed by atoms with Gasteiger partial charge in [-0.15, -0.1) is 0 Å². The number of morpholine rings is 1. The Morgan fingerprint density at radius 2 is 1.64 bits per heavy atom. The summed E-state index contributed by atoms with van der Waals surface area (Å²) in [6.45, 7) is 6.11. The van der Waals surface area contributed by atoms with E-state index in [9.17, 15) is 8.42 Å². The second-order valence-corrected chi connectivity index (χ2v) is 8.87. The maximum atomic E-state index is 12.5. The van der Waals surface area contributed by atoms with Gasteiger partial charge in [0.05, 0.1) is 19.0 Å². The van der Waals surface area contributed by atoms with Crippen LogP contribution in [0, 0.1) is 5.41 Å². The van der Waals surface area contributed by atoms with Crippen LogP contribution < -0.4 is 4.72 Å². The Morgan fingerprint density at radius 1 is 1.00 bits per heavy atom. The van der Waals surface area contributed by atoms with Crippen molar-refractivity contribution in [1.29, 1.82) is 0 Å². The normalized spacial score (nSPS) is 21.9. The van der Waals surface area contributed by atoms with Crippen LogP contribution in [0.4, 0.5) is 0 Å². The predicted octanol–water partition coefficient (Wildman–Crippen LogP) is 1.24. The average Bonchev–Trinajstić information content (AvgIpc) is 2.62. The van der Waals surface area contributed by atoms with Crippen molar-refractivity contribution in [3.63, 3.8) is 0 Å². The van der Waals surface area contributed by atoms with Gasteiger partial charge in [0.25, 0.3) is 0 Å². The highest BCUT2D eigenvalue weighted by molar-refractivity contribution is 7.88. The minimum absolute atomic E-state index is 0.0258. The van der Waals surface area contributed by atoms with Crippen molar-refractivity contribution in [3.8, 4) is 0 Å². The summed E-state index contributed by atoms with van der Waals surface area (Å²) in [6.07, 6.45) is 1.77. The van der Waals surface area contributed by atoms with Crippen molar-refractivity contribution >= 4 is 10.0 Å². The Bertz CT molecular complexity index is 624. The molecular weight excluding hydrogens is 340 g/mol. The topological polar surface area (TPSA) is 67.9 Å². The van der Waals surface area contributed by atoms with E-state index in [1.165, 1.54) is 0 Å². The first-order valence-electron chi connectivity index (χ1n) is 8.96. The molecule has 140 valence electrons. The molecule has 2 aliphatic heterocycles. The number of ether oxygens (including phenoxy) is 2. The molecule has 0 aromatic heterocycles. The second-order valence-electron chi connectivity index (χ2n) is 7.07. The minimum Gasteiger partial charge on any atom is -0.381 e. The molecule has 0 unspecified atom stereocenters. The third-order valence-corrected chi connectivity index (χ3v) is 6.38. The lowest BCUT2D eigenvalue weighted by atomic mass is 9.79. The standard InChI is InChI=1S/C18H28N2O4S/c21-25(22,14-17-4-2-1-3-5-17)19-15-18(6-10-23-11-7-18)16-20-8-12-24-13-9-20/h1-5,19H,6-16H2. The molecule has 1 aromatic carbocycles. The lowest BCUT2D eigenvalue weighted by Gasteiger charge is -2.42. The zero-order valence-electron chi connectivity index (χ0n) is 14.7. The van der Waals surface area contributed by atoms with Crippen molar-refractivity contribution in [2.24, 2.45) is 5.41 Å². The van der Waals surface area contributed by atoms with Crippen LogP contribution in [0.1, 0.15) is 18.4 Å². The van der Waals surface area contributed by atoms with Crippen LogP contribution in [0.3, 0.4) is 0 Å². The van der Waals surface area contributed by atoms with E-state index in [-0.39, 0.29) is 11.2 Å². The molecule has 25 heavy (non-hydrogen) atoms. The molecule has 0 bridgehead atoms. The van der Waals surface area contributed by atoms with Crippen LogP contribution in [0.25, 0.3) is 0 Å². The van der Waals surface area contributed by atoms with Gasteiger partial charge in [-0.1, -0.05) is 30.3 Å². The van der Waals surface area contributed by atoms with Crippen LogP contribution in [0.5, 0.6) is 0 Å². The summed E-state index contributed by atoms with van der Waals surface area (Å²) in [6, 6.07) is 9.31. The molecule has 1 N–H and O–H groups in total. The summed E-state index contributed by atoms with van der Waals surface area (Å²) in [5, 5.41) is 0. The van der Waals surface area contributed by atoms with Gasteiger partial charge in [0.15, 0.2) is 0 Å². The highest BCUT2D eigenvalue weighted by Crippen LogP contribution is 2.31. The highest BCUT2D eigenvalue weighted by atomic mass is 32.2. The molecule has 2 aliphatic rings.